The van der Waals surface area contributed by atoms with Crippen molar-refractivity contribution in [2.75, 3.05) is 13.2 Å². The van der Waals surface area contributed by atoms with Gasteiger partial charge in [-0.05, 0) is 5.56 Å². The van der Waals surface area contributed by atoms with E-state index in [0.717, 1.165) is 5.56 Å². The molecule has 15 heavy (non-hydrogen) atoms. The molecule has 2 saturated heterocycles. The van der Waals surface area contributed by atoms with Crippen molar-refractivity contribution in [2.24, 2.45) is 0 Å². The van der Waals surface area contributed by atoms with Crippen molar-refractivity contribution < 1.29 is 14.6 Å². The lowest BCUT2D eigenvalue weighted by molar-refractivity contribution is -0.170. The van der Waals surface area contributed by atoms with Gasteiger partial charge in [-0.1, -0.05) is 30.3 Å². The molecule has 0 spiro atoms. The van der Waals surface area contributed by atoms with Crippen molar-refractivity contribution >= 4 is 0 Å². The maximum Gasteiger partial charge on any atom is 0.119 e. The van der Waals surface area contributed by atoms with Gasteiger partial charge in [-0.25, -0.2) is 0 Å². The molecular formula is C12H14O3. The molecule has 0 aromatic heterocycles. The third kappa shape index (κ3) is 1.39. The second-order valence-electron chi connectivity index (χ2n) is 4.30. The lowest BCUT2D eigenvalue weighted by Crippen LogP contribution is -2.38. The van der Waals surface area contributed by atoms with Crippen molar-refractivity contribution in [3.05, 3.63) is 35.9 Å². The van der Waals surface area contributed by atoms with Gasteiger partial charge in [0.05, 0.1) is 19.3 Å². The Morgan fingerprint density at radius 1 is 1.27 bits per heavy atom. The lowest BCUT2D eigenvalue weighted by atomic mass is 9.91. The van der Waals surface area contributed by atoms with Gasteiger partial charge in [0.15, 0.2) is 0 Å². The third-order valence-electron chi connectivity index (χ3n) is 3.26. The van der Waals surface area contributed by atoms with Crippen LogP contribution in [0.4, 0.5) is 0 Å². The Hall–Kier alpha value is -0.900. The highest BCUT2D eigenvalue weighted by molar-refractivity contribution is 5.25. The van der Waals surface area contributed by atoms with Gasteiger partial charge in [-0.3, -0.25) is 0 Å². The van der Waals surface area contributed by atoms with Crippen LogP contribution >= 0.6 is 0 Å². The SMILES string of the molecule is O[C@H]1C[C@@]2(c3ccccc3)COC[C@H]1O2. The van der Waals surface area contributed by atoms with Crippen LogP contribution in [-0.2, 0) is 15.1 Å². The average Bonchev–Trinajstić information content (AvgIpc) is 2.52. The third-order valence-corrected chi connectivity index (χ3v) is 3.26. The van der Waals surface area contributed by atoms with Crippen LogP contribution in [0.5, 0.6) is 0 Å². The van der Waals surface area contributed by atoms with Crippen LogP contribution in [0.25, 0.3) is 0 Å². The first-order chi connectivity index (χ1) is 7.30. The van der Waals surface area contributed by atoms with E-state index in [9.17, 15) is 5.11 Å². The summed E-state index contributed by atoms with van der Waals surface area (Å²) >= 11 is 0. The molecule has 2 heterocycles. The van der Waals surface area contributed by atoms with E-state index in [4.69, 9.17) is 9.47 Å². The fraction of sp³-hybridized carbons (Fsp3) is 0.500. The summed E-state index contributed by atoms with van der Waals surface area (Å²) in [6.07, 6.45) is 0.0912. The standard InChI is InChI=1S/C12H14O3/c13-10-6-12(8-14-7-11(10)15-12)9-4-2-1-3-5-9/h1-5,10-11,13H,6-8H2/t10-,11+,12-/m0/s1. The first-order valence-corrected chi connectivity index (χ1v) is 5.29. The van der Waals surface area contributed by atoms with E-state index < -0.39 is 11.7 Å². The topological polar surface area (TPSA) is 38.7 Å². The molecule has 0 aliphatic carbocycles. The second kappa shape index (κ2) is 3.30. The molecule has 2 bridgehead atoms. The molecule has 3 heteroatoms. The zero-order valence-electron chi connectivity index (χ0n) is 8.43. The number of rotatable bonds is 1. The van der Waals surface area contributed by atoms with E-state index in [0.29, 0.717) is 19.6 Å². The fourth-order valence-corrected chi connectivity index (χ4v) is 2.47. The maximum atomic E-state index is 9.82. The molecular weight excluding hydrogens is 192 g/mol. The largest absolute Gasteiger partial charge is 0.390 e. The molecule has 0 radical (unpaired) electrons. The highest BCUT2D eigenvalue weighted by Gasteiger charge is 2.50. The van der Waals surface area contributed by atoms with E-state index in [2.05, 4.69) is 0 Å². The molecule has 1 aromatic carbocycles. The molecule has 1 aromatic rings. The number of benzene rings is 1. The molecule has 0 unspecified atom stereocenters. The summed E-state index contributed by atoms with van der Waals surface area (Å²) in [5.41, 5.74) is 0.690. The van der Waals surface area contributed by atoms with Crippen molar-refractivity contribution in [2.45, 2.75) is 24.2 Å². The number of aliphatic hydroxyl groups is 1. The van der Waals surface area contributed by atoms with Gasteiger partial charge < -0.3 is 14.6 Å². The quantitative estimate of drug-likeness (QED) is 0.746. The van der Waals surface area contributed by atoms with Gasteiger partial charge in [0, 0.05) is 6.42 Å². The number of ether oxygens (including phenoxy) is 2. The summed E-state index contributed by atoms with van der Waals surface area (Å²) in [5, 5.41) is 9.82. The molecule has 1 N–H and O–H groups in total. The van der Waals surface area contributed by atoms with E-state index in [1.165, 1.54) is 0 Å². The first-order valence-electron chi connectivity index (χ1n) is 5.29. The van der Waals surface area contributed by atoms with Crippen LogP contribution in [0.15, 0.2) is 30.3 Å². The zero-order valence-corrected chi connectivity index (χ0v) is 8.43. The molecule has 2 aliphatic heterocycles. The van der Waals surface area contributed by atoms with Crippen LogP contribution in [0, 0.1) is 0 Å². The molecule has 3 nitrogen and oxygen atoms in total. The molecule has 0 amide bonds. The van der Waals surface area contributed by atoms with Crippen LogP contribution in [-0.4, -0.2) is 30.5 Å². The Balaban J connectivity index is 1.98. The Bertz CT molecular complexity index is 347. The maximum absolute atomic E-state index is 9.82. The van der Waals surface area contributed by atoms with Gasteiger partial charge in [-0.15, -0.1) is 0 Å². The molecule has 0 saturated carbocycles. The van der Waals surface area contributed by atoms with Gasteiger partial charge in [0.25, 0.3) is 0 Å². The molecule has 80 valence electrons. The van der Waals surface area contributed by atoms with Gasteiger partial charge in [0.1, 0.15) is 11.7 Å². The minimum atomic E-state index is -0.413. The Kier molecular flexibility index (Phi) is 2.06. The van der Waals surface area contributed by atoms with Gasteiger partial charge >= 0.3 is 0 Å². The minimum absolute atomic E-state index is 0.154. The van der Waals surface area contributed by atoms with Gasteiger partial charge in [0.2, 0.25) is 0 Å². The Morgan fingerprint density at radius 2 is 2.07 bits per heavy atom. The van der Waals surface area contributed by atoms with Gasteiger partial charge in [-0.2, -0.15) is 0 Å². The van der Waals surface area contributed by atoms with Crippen molar-refractivity contribution in [3.63, 3.8) is 0 Å². The Morgan fingerprint density at radius 3 is 2.87 bits per heavy atom. The Labute approximate surface area is 88.6 Å². The molecule has 2 aliphatic rings. The van der Waals surface area contributed by atoms with Crippen molar-refractivity contribution in [1.29, 1.82) is 0 Å². The summed E-state index contributed by atoms with van der Waals surface area (Å²) in [6, 6.07) is 10.0. The van der Waals surface area contributed by atoms with Crippen molar-refractivity contribution in [1.82, 2.24) is 0 Å². The average molecular weight is 206 g/mol. The van der Waals surface area contributed by atoms with E-state index in [-0.39, 0.29) is 6.10 Å². The summed E-state index contributed by atoms with van der Waals surface area (Å²) in [4.78, 5) is 0. The van der Waals surface area contributed by atoms with E-state index >= 15 is 0 Å². The van der Waals surface area contributed by atoms with Crippen LogP contribution in [0.2, 0.25) is 0 Å². The fourth-order valence-electron chi connectivity index (χ4n) is 2.47. The minimum Gasteiger partial charge on any atom is -0.390 e. The highest BCUT2D eigenvalue weighted by atomic mass is 16.6. The van der Waals surface area contributed by atoms with Crippen LogP contribution in [0.3, 0.4) is 0 Å². The first kappa shape index (κ1) is 9.33. The van der Waals surface area contributed by atoms with E-state index in [1.54, 1.807) is 0 Å². The predicted octanol–water partition coefficient (Wildman–Crippen LogP) is 1.06. The predicted molar refractivity (Wildman–Crippen MR) is 54.4 cm³/mol. The normalized spacial score (nSPS) is 39.3. The number of hydrogen-bond donors (Lipinski definition) is 1. The van der Waals surface area contributed by atoms with Crippen LogP contribution < -0.4 is 0 Å². The zero-order chi connectivity index (χ0) is 10.3. The summed E-state index contributed by atoms with van der Waals surface area (Å²) in [6.45, 7) is 1.06. The smallest absolute Gasteiger partial charge is 0.119 e. The number of fused-ring (bicyclic) bond motifs is 2. The summed E-state index contributed by atoms with van der Waals surface area (Å²) in [5.74, 6) is 0. The summed E-state index contributed by atoms with van der Waals surface area (Å²) in [7, 11) is 0. The van der Waals surface area contributed by atoms with E-state index in [1.807, 2.05) is 30.3 Å². The van der Waals surface area contributed by atoms with Crippen molar-refractivity contribution in [3.8, 4) is 0 Å². The van der Waals surface area contributed by atoms with Crippen LogP contribution in [0.1, 0.15) is 12.0 Å². The lowest BCUT2D eigenvalue weighted by Gasteiger charge is -2.33. The monoisotopic (exact) mass is 206 g/mol. The molecule has 3 rings (SSSR count). The molecule has 2 fully saturated rings. The highest BCUT2D eigenvalue weighted by Crippen LogP contribution is 2.42. The second-order valence-corrected chi connectivity index (χ2v) is 4.30. The summed E-state index contributed by atoms with van der Waals surface area (Å²) < 4.78 is 11.4. The number of hydrogen-bond acceptors (Lipinski definition) is 3. The molecule has 3 atom stereocenters. The number of aliphatic hydroxyl groups excluding tert-OH is 1.